The van der Waals surface area contributed by atoms with E-state index in [0.717, 1.165) is 14.3 Å². The predicted molar refractivity (Wildman–Crippen MR) is 86.5 cm³/mol. The highest BCUT2D eigenvalue weighted by molar-refractivity contribution is 9.11. The van der Waals surface area contributed by atoms with Crippen molar-refractivity contribution >= 4 is 60.2 Å². The van der Waals surface area contributed by atoms with E-state index in [1.54, 1.807) is 30.3 Å². The van der Waals surface area contributed by atoms with Crippen LogP contribution in [0.25, 0.3) is 11.0 Å². The number of fused-ring (bicyclic) bond motifs is 1. The maximum atomic E-state index is 12.4. The first-order valence-electron chi connectivity index (χ1n) is 5.74. The van der Waals surface area contributed by atoms with Gasteiger partial charge in [0.15, 0.2) is 5.76 Å². The van der Waals surface area contributed by atoms with Crippen molar-refractivity contribution in [3.05, 3.63) is 67.8 Å². The van der Waals surface area contributed by atoms with Gasteiger partial charge >= 0.3 is 0 Å². The minimum Gasteiger partial charge on any atom is -0.451 e. The third-order valence-electron chi connectivity index (χ3n) is 2.88. The lowest BCUT2D eigenvalue weighted by atomic mass is 10.1. The number of furan rings is 1. The number of halogens is 3. The van der Waals surface area contributed by atoms with E-state index in [1.165, 1.54) is 0 Å². The van der Waals surface area contributed by atoms with Crippen LogP contribution in [0.1, 0.15) is 16.1 Å². The number of hydrogen-bond acceptors (Lipinski definition) is 2. The molecule has 0 aliphatic rings. The van der Waals surface area contributed by atoms with Gasteiger partial charge in [0.05, 0.1) is 9.50 Å². The molecule has 1 heterocycles. The first-order valence-corrected chi connectivity index (χ1v) is 7.70. The molecule has 5 heteroatoms. The fourth-order valence-electron chi connectivity index (χ4n) is 1.97. The smallest absolute Gasteiger partial charge is 0.229 e. The molecule has 0 fully saturated rings. The maximum Gasteiger partial charge on any atom is 0.229 e. The molecule has 100 valence electrons. The number of ketones is 1. The number of hydrogen-bond donors (Lipinski definition) is 0. The van der Waals surface area contributed by atoms with E-state index < -0.39 is 0 Å². The summed E-state index contributed by atoms with van der Waals surface area (Å²) in [5.74, 6) is 0.0433. The van der Waals surface area contributed by atoms with Gasteiger partial charge in [-0.05, 0) is 46.3 Å². The number of benzene rings is 2. The summed E-state index contributed by atoms with van der Waals surface area (Å²) in [4.78, 5) is 12.4. The average Bonchev–Trinajstić information content (AvgIpc) is 2.82. The summed E-state index contributed by atoms with van der Waals surface area (Å²) in [5, 5.41) is 1.26. The van der Waals surface area contributed by atoms with Crippen LogP contribution in [-0.4, -0.2) is 5.78 Å². The summed E-state index contributed by atoms with van der Waals surface area (Å²) in [7, 11) is 0. The van der Waals surface area contributed by atoms with Crippen molar-refractivity contribution in [2.24, 2.45) is 0 Å². The molecular weight excluding hydrogens is 407 g/mol. The molecule has 20 heavy (non-hydrogen) atoms. The Hall–Kier alpha value is -1.10. The molecule has 3 aromatic rings. The van der Waals surface area contributed by atoms with E-state index in [1.807, 2.05) is 12.1 Å². The highest BCUT2D eigenvalue weighted by Gasteiger charge is 2.18. The van der Waals surface area contributed by atoms with Crippen molar-refractivity contribution in [1.82, 2.24) is 0 Å². The molecule has 0 unspecified atom stereocenters. The van der Waals surface area contributed by atoms with Crippen molar-refractivity contribution < 1.29 is 9.21 Å². The number of carbonyl (C=O) groups excluding carboxylic acids is 1. The first kappa shape index (κ1) is 13.9. The molecule has 0 aliphatic heterocycles. The Morgan fingerprint density at radius 2 is 1.85 bits per heavy atom. The Bertz CT molecular complexity index is 824. The highest BCUT2D eigenvalue weighted by Crippen LogP contribution is 2.32. The van der Waals surface area contributed by atoms with Crippen LogP contribution in [0, 0.1) is 0 Å². The number of carbonyl (C=O) groups is 1. The Morgan fingerprint density at radius 3 is 2.60 bits per heavy atom. The number of rotatable bonds is 2. The summed E-state index contributed by atoms with van der Waals surface area (Å²) in [5.41, 5.74) is 1.08. The van der Waals surface area contributed by atoms with Crippen molar-refractivity contribution in [2.75, 3.05) is 0 Å². The summed E-state index contributed by atoms with van der Waals surface area (Å²) in [6.45, 7) is 0. The summed E-state index contributed by atoms with van der Waals surface area (Å²) in [6, 6.07) is 12.4. The van der Waals surface area contributed by atoms with Crippen molar-refractivity contribution in [1.29, 1.82) is 0 Å². The van der Waals surface area contributed by atoms with E-state index in [4.69, 9.17) is 16.0 Å². The van der Waals surface area contributed by atoms with E-state index in [0.29, 0.717) is 16.2 Å². The molecule has 0 amide bonds. The van der Waals surface area contributed by atoms with E-state index in [9.17, 15) is 4.79 Å². The second kappa shape index (κ2) is 5.35. The molecule has 0 N–H and O–H groups in total. The van der Waals surface area contributed by atoms with Crippen LogP contribution in [-0.2, 0) is 0 Å². The third kappa shape index (κ3) is 2.43. The van der Waals surface area contributed by atoms with E-state index in [2.05, 4.69) is 31.9 Å². The average molecular weight is 414 g/mol. The van der Waals surface area contributed by atoms with Crippen LogP contribution in [0.15, 0.2) is 55.8 Å². The lowest BCUT2D eigenvalue weighted by Crippen LogP contribution is -1.99. The van der Waals surface area contributed by atoms with Gasteiger partial charge in [0, 0.05) is 15.4 Å². The zero-order valence-electron chi connectivity index (χ0n) is 9.99. The van der Waals surface area contributed by atoms with Crippen LogP contribution in [0.5, 0.6) is 0 Å². The SMILES string of the molecule is O=C(c1cc2cc(Br)cc(Br)c2o1)c1ccccc1Cl. The van der Waals surface area contributed by atoms with Gasteiger partial charge in [-0.15, -0.1) is 0 Å². The van der Waals surface area contributed by atoms with Gasteiger partial charge in [0.2, 0.25) is 5.78 Å². The molecule has 0 saturated heterocycles. The summed E-state index contributed by atoms with van der Waals surface area (Å²) < 4.78 is 7.35. The quantitative estimate of drug-likeness (QED) is 0.493. The Morgan fingerprint density at radius 1 is 1.10 bits per heavy atom. The minimum absolute atomic E-state index is 0.227. The lowest BCUT2D eigenvalue weighted by molar-refractivity contribution is 0.101. The van der Waals surface area contributed by atoms with Crippen LogP contribution in [0.4, 0.5) is 0 Å². The Labute approximate surface area is 137 Å². The molecule has 3 rings (SSSR count). The Balaban J connectivity index is 2.14. The Kier molecular flexibility index (Phi) is 3.71. The van der Waals surface area contributed by atoms with E-state index >= 15 is 0 Å². The highest BCUT2D eigenvalue weighted by atomic mass is 79.9. The lowest BCUT2D eigenvalue weighted by Gasteiger charge is -1.99. The van der Waals surface area contributed by atoms with Gasteiger partial charge in [0.1, 0.15) is 5.58 Å². The molecule has 2 nitrogen and oxygen atoms in total. The second-order valence-corrected chi connectivity index (χ2v) is 6.40. The molecular formula is C15H7Br2ClO2. The van der Waals surface area contributed by atoms with Gasteiger partial charge in [0.25, 0.3) is 0 Å². The van der Waals surface area contributed by atoms with Gasteiger partial charge in [-0.1, -0.05) is 39.7 Å². The van der Waals surface area contributed by atoms with Gasteiger partial charge in [-0.3, -0.25) is 4.79 Å². The van der Waals surface area contributed by atoms with Crippen LogP contribution in [0.3, 0.4) is 0 Å². The fraction of sp³-hybridized carbons (Fsp3) is 0. The largest absolute Gasteiger partial charge is 0.451 e. The van der Waals surface area contributed by atoms with Crippen LogP contribution >= 0.6 is 43.5 Å². The zero-order chi connectivity index (χ0) is 14.3. The molecule has 1 aromatic heterocycles. The van der Waals surface area contributed by atoms with Crippen molar-refractivity contribution in [3.8, 4) is 0 Å². The molecule has 0 saturated carbocycles. The topological polar surface area (TPSA) is 30.2 Å². The monoisotopic (exact) mass is 412 g/mol. The predicted octanol–water partition coefficient (Wildman–Crippen LogP) is 5.84. The second-order valence-electron chi connectivity index (χ2n) is 4.23. The zero-order valence-corrected chi connectivity index (χ0v) is 13.9. The van der Waals surface area contributed by atoms with Gasteiger partial charge in [-0.25, -0.2) is 0 Å². The van der Waals surface area contributed by atoms with E-state index in [-0.39, 0.29) is 11.5 Å². The summed E-state index contributed by atoms with van der Waals surface area (Å²) in [6.07, 6.45) is 0. The molecule has 0 bridgehead atoms. The molecule has 0 spiro atoms. The van der Waals surface area contributed by atoms with Crippen LogP contribution < -0.4 is 0 Å². The standard InChI is InChI=1S/C15H7Br2ClO2/c16-9-5-8-6-13(20-15(8)11(17)7-9)14(19)10-3-1-2-4-12(10)18/h1-7H. The van der Waals surface area contributed by atoms with Crippen molar-refractivity contribution in [3.63, 3.8) is 0 Å². The fourth-order valence-corrected chi connectivity index (χ4v) is 3.53. The van der Waals surface area contributed by atoms with Crippen molar-refractivity contribution in [2.45, 2.75) is 0 Å². The van der Waals surface area contributed by atoms with Gasteiger partial charge in [-0.2, -0.15) is 0 Å². The minimum atomic E-state index is -0.227. The maximum absolute atomic E-state index is 12.4. The van der Waals surface area contributed by atoms with Gasteiger partial charge < -0.3 is 4.42 Å². The molecule has 2 aromatic carbocycles. The molecule has 0 atom stereocenters. The molecule has 0 radical (unpaired) electrons. The first-order chi connectivity index (χ1) is 9.56. The summed E-state index contributed by atoms with van der Waals surface area (Å²) >= 11 is 12.9. The third-order valence-corrected chi connectivity index (χ3v) is 4.25. The molecule has 0 aliphatic carbocycles. The normalized spacial score (nSPS) is 10.9. The van der Waals surface area contributed by atoms with Crippen LogP contribution in [0.2, 0.25) is 5.02 Å².